The molecule has 0 saturated heterocycles. The molecule has 7 heteroatoms. The monoisotopic (exact) mass is 365 g/mol. The van der Waals surface area contributed by atoms with Gasteiger partial charge in [0, 0.05) is 6.07 Å². The van der Waals surface area contributed by atoms with E-state index in [2.05, 4.69) is 20.7 Å². The lowest BCUT2D eigenvalue weighted by molar-refractivity contribution is 0.268. The topological polar surface area (TPSA) is 64.6 Å². The summed E-state index contributed by atoms with van der Waals surface area (Å²) >= 11 is 2.93. The molecule has 0 aliphatic carbocycles. The number of hydrogen-bond donors (Lipinski definition) is 1. The summed E-state index contributed by atoms with van der Waals surface area (Å²) in [6.45, 7) is 5.17. The van der Waals surface area contributed by atoms with Crippen molar-refractivity contribution >= 4 is 31.6 Å². The lowest BCUT2D eigenvalue weighted by Gasteiger charge is -2.14. The van der Waals surface area contributed by atoms with E-state index in [0.717, 1.165) is 12.8 Å². The van der Waals surface area contributed by atoms with Gasteiger partial charge in [0.1, 0.15) is 4.66 Å². The van der Waals surface area contributed by atoms with Crippen molar-refractivity contribution in [2.24, 2.45) is 0 Å². The molecule has 0 unspecified atom stereocenters. The van der Waals surface area contributed by atoms with E-state index < -0.39 is 10.0 Å². The fourth-order valence-corrected chi connectivity index (χ4v) is 2.32. The highest BCUT2D eigenvalue weighted by atomic mass is 79.9. The van der Waals surface area contributed by atoms with Crippen LogP contribution in [0.4, 0.5) is 5.69 Å². The van der Waals surface area contributed by atoms with Gasteiger partial charge in [-0.15, -0.1) is 0 Å². The van der Waals surface area contributed by atoms with Gasteiger partial charge >= 0.3 is 0 Å². The van der Waals surface area contributed by atoms with Crippen molar-refractivity contribution in [2.75, 3.05) is 22.6 Å². The first kappa shape index (κ1) is 17.1. The predicted molar refractivity (Wildman–Crippen MR) is 84.4 cm³/mol. The standard InChI is InChI=1S/C13H20BrNO4S/c1-3-7-18-12-6-5-11(15-20(16,17)10-14)9-13(12)19-8-4-2/h5-6,9,15H,3-4,7-8,10H2,1-2H3. The van der Waals surface area contributed by atoms with Crippen molar-refractivity contribution < 1.29 is 17.9 Å². The van der Waals surface area contributed by atoms with E-state index in [0.29, 0.717) is 30.4 Å². The highest BCUT2D eigenvalue weighted by Crippen LogP contribution is 2.31. The molecule has 114 valence electrons. The minimum absolute atomic E-state index is 0.154. The van der Waals surface area contributed by atoms with Crippen LogP contribution in [-0.2, 0) is 10.0 Å². The fraction of sp³-hybridized carbons (Fsp3) is 0.538. The molecule has 1 rings (SSSR count). The molecule has 0 radical (unpaired) electrons. The summed E-state index contributed by atoms with van der Waals surface area (Å²) in [5, 5.41) is 0. The third-order valence-electron chi connectivity index (χ3n) is 2.28. The van der Waals surface area contributed by atoms with Crippen LogP contribution in [-0.4, -0.2) is 26.3 Å². The highest BCUT2D eigenvalue weighted by Gasteiger charge is 2.11. The Morgan fingerprint density at radius 3 is 2.25 bits per heavy atom. The minimum Gasteiger partial charge on any atom is -0.490 e. The molecule has 0 aliphatic heterocycles. The quantitative estimate of drug-likeness (QED) is 0.681. The Hall–Kier alpha value is -0.950. The van der Waals surface area contributed by atoms with Crippen LogP contribution in [0.2, 0.25) is 0 Å². The summed E-state index contributed by atoms with van der Waals surface area (Å²) in [4.78, 5) is 0. The normalized spacial score (nSPS) is 11.2. The molecule has 0 amide bonds. The van der Waals surface area contributed by atoms with Gasteiger partial charge < -0.3 is 9.47 Å². The Kier molecular flexibility index (Phi) is 7.15. The average Bonchev–Trinajstić information content (AvgIpc) is 2.43. The summed E-state index contributed by atoms with van der Waals surface area (Å²) in [7, 11) is -3.37. The van der Waals surface area contributed by atoms with Gasteiger partial charge in [-0.25, -0.2) is 8.42 Å². The van der Waals surface area contributed by atoms with Crippen LogP contribution in [0.25, 0.3) is 0 Å². The van der Waals surface area contributed by atoms with Crippen molar-refractivity contribution in [2.45, 2.75) is 26.7 Å². The van der Waals surface area contributed by atoms with Gasteiger partial charge in [0.05, 0.1) is 18.9 Å². The molecule has 0 aliphatic rings. The molecular weight excluding hydrogens is 346 g/mol. The first-order valence-electron chi connectivity index (χ1n) is 6.48. The van der Waals surface area contributed by atoms with E-state index in [1.54, 1.807) is 18.2 Å². The first-order chi connectivity index (χ1) is 9.52. The summed E-state index contributed by atoms with van der Waals surface area (Å²) in [6.07, 6.45) is 1.76. The van der Waals surface area contributed by atoms with E-state index in [1.165, 1.54) is 0 Å². The highest BCUT2D eigenvalue weighted by molar-refractivity contribution is 9.10. The predicted octanol–water partition coefficient (Wildman–Crippen LogP) is 3.36. The number of anilines is 1. The van der Waals surface area contributed by atoms with Gasteiger partial charge in [0.2, 0.25) is 10.0 Å². The molecule has 1 aromatic carbocycles. The van der Waals surface area contributed by atoms with Crippen molar-refractivity contribution in [3.8, 4) is 11.5 Å². The number of sulfonamides is 1. The second kappa shape index (κ2) is 8.36. The number of nitrogens with one attached hydrogen (secondary N) is 1. The largest absolute Gasteiger partial charge is 0.490 e. The molecule has 5 nitrogen and oxygen atoms in total. The Labute approximate surface area is 128 Å². The maximum atomic E-state index is 11.5. The summed E-state index contributed by atoms with van der Waals surface area (Å²) in [5.74, 6) is 1.18. The van der Waals surface area contributed by atoms with Gasteiger partial charge in [-0.3, -0.25) is 4.72 Å². The molecule has 1 N–H and O–H groups in total. The van der Waals surface area contributed by atoms with Gasteiger partial charge in [-0.2, -0.15) is 0 Å². The van der Waals surface area contributed by atoms with Crippen molar-refractivity contribution in [1.82, 2.24) is 0 Å². The van der Waals surface area contributed by atoms with E-state index >= 15 is 0 Å². The van der Waals surface area contributed by atoms with Crippen LogP contribution >= 0.6 is 15.9 Å². The number of benzene rings is 1. The maximum absolute atomic E-state index is 11.5. The number of hydrogen-bond acceptors (Lipinski definition) is 4. The summed E-state index contributed by atoms with van der Waals surface area (Å²) in [6, 6.07) is 5.01. The molecule has 20 heavy (non-hydrogen) atoms. The number of rotatable bonds is 9. The van der Waals surface area contributed by atoms with E-state index in [4.69, 9.17) is 9.47 Å². The van der Waals surface area contributed by atoms with Crippen LogP contribution < -0.4 is 14.2 Å². The lowest BCUT2D eigenvalue weighted by atomic mass is 10.3. The van der Waals surface area contributed by atoms with Crippen LogP contribution in [0.15, 0.2) is 18.2 Å². The van der Waals surface area contributed by atoms with Crippen LogP contribution in [0.3, 0.4) is 0 Å². The molecule has 0 spiro atoms. The molecule has 0 fully saturated rings. The van der Waals surface area contributed by atoms with Crippen molar-refractivity contribution in [3.05, 3.63) is 18.2 Å². The molecule has 1 aromatic rings. The van der Waals surface area contributed by atoms with Crippen molar-refractivity contribution in [3.63, 3.8) is 0 Å². The Morgan fingerprint density at radius 2 is 1.70 bits per heavy atom. The van der Waals surface area contributed by atoms with E-state index in [1.807, 2.05) is 13.8 Å². The zero-order valence-electron chi connectivity index (χ0n) is 11.7. The molecule has 0 bridgehead atoms. The van der Waals surface area contributed by atoms with Gasteiger partial charge in [0.25, 0.3) is 0 Å². The zero-order chi connectivity index (χ0) is 15.0. The maximum Gasteiger partial charge on any atom is 0.242 e. The van der Waals surface area contributed by atoms with E-state index in [-0.39, 0.29) is 4.66 Å². The number of ether oxygens (including phenoxy) is 2. The Morgan fingerprint density at radius 1 is 1.10 bits per heavy atom. The molecule has 0 aromatic heterocycles. The minimum atomic E-state index is -3.37. The smallest absolute Gasteiger partial charge is 0.242 e. The molecule has 0 atom stereocenters. The van der Waals surface area contributed by atoms with Crippen LogP contribution in [0.5, 0.6) is 11.5 Å². The summed E-state index contributed by atoms with van der Waals surface area (Å²) in [5.41, 5.74) is 0.458. The molecule has 0 heterocycles. The first-order valence-corrected chi connectivity index (χ1v) is 9.25. The molecule has 0 saturated carbocycles. The van der Waals surface area contributed by atoms with Gasteiger partial charge in [-0.1, -0.05) is 29.8 Å². The molecular formula is C13H20BrNO4S. The third-order valence-corrected chi connectivity index (χ3v) is 4.93. The SMILES string of the molecule is CCCOc1ccc(NS(=O)(=O)CBr)cc1OCCC. The zero-order valence-corrected chi connectivity index (χ0v) is 14.1. The fourth-order valence-electron chi connectivity index (χ4n) is 1.43. The Balaban J connectivity index is 2.94. The number of alkyl halides is 1. The van der Waals surface area contributed by atoms with Crippen LogP contribution in [0.1, 0.15) is 26.7 Å². The van der Waals surface area contributed by atoms with Gasteiger partial charge in [-0.05, 0) is 25.0 Å². The average molecular weight is 366 g/mol. The Bertz CT molecular complexity index is 519. The van der Waals surface area contributed by atoms with Crippen molar-refractivity contribution in [1.29, 1.82) is 0 Å². The number of halogens is 1. The third kappa shape index (κ3) is 5.58. The summed E-state index contributed by atoms with van der Waals surface area (Å²) < 4.78 is 36.5. The second-order valence-electron chi connectivity index (χ2n) is 4.18. The van der Waals surface area contributed by atoms with Crippen LogP contribution in [0, 0.1) is 0 Å². The van der Waals surface area contributed by atoms with E-state index in [9.17, 15) is 8.42 Å². The second-order valence-corrected chi connectivity index (χ2v) is 7.21. The van der Waals surface area contributed by atoms with Gasteiger partial charge in [0.15, 0.2) is 11.5 Å². The lowest BCUT2D eigenvalue weighted by Crippen LogP contribution is -2.13.